The van der Waals surface area contributed by atoms with Crippen LogP contribution in [0.25, 0.3) is 0 Å². The smallest absolute Gasteiger partial charge is 0.305 e. The van der Waals surface area contributed by atoms with Crippen molar-refractivity contribution >= 4 is 11.9 Å². The number of carbonyl (C=O) groups excluding carboxylic acids is 1. The SMILES string of the molecule is C=CCCCCCCCCCCC(=O)OCCCCCCCCCCCCCCC(=O)O. The van der Waals surface area contributed by atoms with E-state index in [-0.39, 0.29) is 5.97 Å². The summed E-state index contributed by atoms with van der Waals surface area (Å²) in [4.78, 5) is 22.2. The molecule has 0 atom stereocenters. The number of hydrogen-bond donors (Lipinski definition) is 1. The molecular weight excluding hydrogens is 400 g/mol. The topological polar surface area (TPSA) is 63.6 Å². The van der Waals surface area contributed by atoms with Crippen LogP contribution in [0, 0.1) is 0 Å². The molecule has 0 rings (SSSR count). The van der Waals surface area contributed by atoms with Crippen molar-refractivity contribution in [2.45, 2.75) is 148 Å². The van der Waals surface area contributed by atoms with Gasteiger partial charge in [0.15, 0.2) is 0 Å². The second-order valence-corrected chi connectivity index (χ2v) is 9.26. The first kappa shape index (κ1) is 30.7. The Balaban J connectivity index is 3.16. The van der Waals surface area contributed by atoms with Gasteiger partial charge in [-0.2, -0.15) is 0 Å². The monoisotopic (exact) mass is 452 g/mol. The second kappa shape index (κ2) is 25.9. The van der Waals surface area contributed by atoms with Gasteiger partial charge in [0.05, 0.1) is 6.61 Å². The summed E-state index contributed by atoms with van der Waals surface area (Å²) in [6.45, 7) is 4.34. The summed E-state index contributed by atoms with van der Waals surface area (Å²) in [7, 11) is 0. The van der Waals surface area contributed by atoms with E-state index in [2.05, 4.69) is 6.58 Å². The third-order valence-electron chi connectivity index (χ3n) is 6.09. The maximum absolute atomic E-state index is 11.8. The molecule has 1 N–H and O–H groups in total. The Kier molecular flexibility index (Phi) is 24.9. The predicted octanol–water partition coefficient (Wildman–Crippen LogP) is 8.77. The van der Waals surface area contributed by atoms with Gasteiger partial charge < -0.3 is 9.84 Å². The minimum absolute atomic E-state index is 0.0163. The zero-order valence-corrected chi connectivity index (χ0v) is 20.9. The summed E-state index contributed by atoms with van der Waals surface area (Å²) < 4.78 is 5.36. The first-order chi connectivity index (χ1) is 15.7. The number of carbonyl (C=O) groups is 2. The van der Waals surface area contributed by atoms with E-state index in [0.29, 0.717) is 19.4 Å². The Bertz CT molecular complexity index is 433. The molecular formula is C28H52O4. The number of aliphatic carboxylic acids is 1. The molecule has 0 fully saturated rings. The van der Waals surface area contributed by atoms with E-state index in [1.54, 1.807) is 0 Å². The molecule has 0 saturated heterocycles. The van der Waals surface area contributed by atoms with Crippen molar-refractivity contribution in [3.63, 3.8) is 0 Å². The lowest BCUT2D eigenvalue weighted by atomic mass is 10.0. The van der Waals surface area contributed by atoms with Gasteiger partial charge in [-0.15, -0.1) is 6.58 Å². The van der Waals surface area contributed by atoms with Crippen LogP contribution < -0.4 is 0 Å². The number of unbranched alkanes of at least 4 members (excludes halogenated alkanes) is 19. The van der Waals surface area contributed by atoms with Crippen molar-refractivity contribution in [2.24, 2.45) is 0 Å². The van der Waals surface area contributed by atoms with Crippen molar-refractivity contribution < 1.29 is 19.4 Å². The molecule has 4 heteroatoms. The van der Waals surface area contributed by atoms with Crippen molar-refractivity contribution in [1.29, 1.82) is 0 Å². The molecule has 0 saturated carbocycles. The predicted molar refractivity (Wildman–Crippen MR) is 135 cm³/mol. The van der Waals surface area contributed by atoms with E-state index >= 15 is 0 Å². The number of carboxylic acid groups (broad SMARTS) is 1. The van der Waals surface area contributed by atoms with E-state index in [1.165, 1.54) is 89.9 Å². The van der Waals surface area contributed by atoms with Crippen molar-refractivity contribution in [2.75, 3.05) is 6.61 Å². The third kappa shape index (κ3) is 26.7. The van der Waals surface area contributed by atoms with Gasteiger partial charge in [-0.1, -0.05) is 109 Å². The van der Waals surface area contributed by atoms with Crippen molar-refractivity contribution in [3.05, 3.63) is 12.7 Å². The van der Waals surface area contributed by atoms with Gasteiger partial charge in [-0.25, -0.2) is 0 Å². The fourth-order valence-electron chi connectivity index (χ4n) is 4.02. The first-order valence-corrected chi connectivity index (χ1v) is 13.6. The number of hydrogen-bond acceptors (Lipinski definition) is 3. The highest BCUT2D eigenvalue weighted by atomic mass is 16.5. The normalized spacial score (nSPS) is 10.9. The van der Waals surface area contributed by atoms with Crippen LogP contribution in [0.4, 0.5) is 0 Å². The maximum Gasteiger partial charge on any atom is 0.305 e. The Labute approximate surface area is 198 Å². The Morgan fingerprint density at radius 2 is 0.938 bits per heavy atom. The zero-order chi connectivity index (χ0) is 23.5. The average Bonchev–Trinajstić information content (AvgIpc) is 2.77. The molecule has 0 bridgehead atoms. The number of esters is 1. The molecule has 0 heterocycles. The van der Waals surface area contributed by atoms with E-state index in [1.807, 2.05) is 6.08 Å². The van der Waals surface area contributed by atoms with Crippen LogP contribution in [0.5, 0.6) is 0 Å². The molecule has 0 aliphatic heterocycles. The van der Waals surface area contributed by atoms with Crippen LogP contribution in [0.15, 0.2) is 12.7 Å². The molecule has 0 unspecified atom stereocenters. The minimum Gasteiger partial charge on any atom is -0.481 e. The Hall–Kier alpha value is -1.32. The van der Waals surface area contributed by atoms with Crippen LogP contribution in [-0.2, 0) is 14.3 Å². The molecule has 0 radical (unpaired) electrons. The highest BCUT2D eigenvalue weighted by Crippen LogP contribution is 2.13. The molecule has 0 aromatic heterocycles. The summed E-state index contributed by atoms with van der Waals surface area (Å²) in [6, 6.07) is 0. The Morgan fingerprint density at radius 3 is 1.38 bits per heavy atom. The van der Waals surface area contributed by atoms with Crippen LogP contribution in [0.3, 0.4) is 0 Å². The van der Waals surface area contributed by atoms with Gasteiger partial charge in [0.2, 0.25) is 0 Å². The fraction of sp³-hybridized carbons (Fsp3) is 0.857. The van der Waals surface area contributed by atoms with Crippen molar-refractivity contribution in [3.8, 4) is 0 Å². The van der Waals surface area contributed by atoms with Crippen LogP contribution in [0.1, 0.15) is 148 Å². The summed E-state index contributed by atoms with van der Waals surface area (Å²) >= 11 is 0. The number of carboxylic acids is 1. The van der Waals surface area contributed by atoms with E-state index in [9.17, 15) is 9.59 Å². The summed E-state index contributed by atoms with van der Waals surface area (Å²) in [5.41, 5.74) is 0. The lowest BCUT2D eigenvalue weighted by molar-refractivity contribution is -0.144. The molecule has 0 aromatic rings. The number of rotatable bonds is 26. The van der Waals surface area contributed by atoms with E-state index in [4.69, 9.17) is 9.84 Å². The molecule has 0 aliphatic carbocycles. The van der Waals surface area contributed by atoms with Gasteiger partial charge in [-0.05, 0) is 32.1 Å². The van der Waals surface area contributed by atoms with E-state index in [0.717, 1.165) is 44.9 Å². The van der Waals surface area contributed by atoms with E-state index < -0.39 is 5.97 Å². The van der Waals surface area contributed by atoms with Gasteiger partial charge in [0, 0.05) is 12.8 Å². The molecule has 0 spiro atoms. The highest BCUT2D eigenvalue weighted by molar-refractivity contribution is 5.69. The summed E-state index contributed by atoms with van der Waals surface area (Å²) in [5.74, 6) is -0.692. The number of allylic oxidation sites excluding steroid dienone is 1. The summed E-state index contributed by atoms with van der Waals surface area (Å²) in [6.07, 6.45) is 28.0. The first-order valence-electron chi connectivity index (χ1n) is 13.6. The van der Waals surface area contributed by atoms with Crippen LogP contribution in [0.2, 0.25) is 0 Å². The minimum atomic E-state index is -0.675. The quantitative estimate of drug-likeness (QED) is 0.0809. The van der Waals surface area contributed by atoms with Crippen molar-refractivity contribution in [1.82, 2.24) is 0 Å². The van der Waals surface area contributed by atoms with Gasteiger partial charge in [-0.3, -0.25) is 9.59 Å². The molecule has 0 amide bonds. The molecule has 0 aliphatic rings. The molecule has 4 nitrogen and oxygen atoms in total. The molecule has 188 valence electrons. The fourth-order valence-corrected chi connectivity index (χ4v) is 4.02. The second-order valence-electron chi connectivity index (χ2n) is 9.26. The standard InChI is InChI=1S/C28H52O4/c1-2-3-4-5-6-7-13-16-19-22-25-28(31)32-26-23-20-17-14-11-9-8-10-12-15-18-21-24-27(29)30/h2H,1,3-26H2,(H,29,30). The molecule has 32 heavy (non-hydrogen) atoms. The summed E-state index contributed by atoms with van der Waals surface area (Å²) in [5, 5.41) is 8.59. The largest absolute Gasteiger partial charge is 0.481 e. The van der Waals surface area contributed by atoms with Gasteiger partial charge in [0.25, 0.3) is 0 Å². The average molecular weight is 453 g/mol. The Morgan fingerprint density at radius 1 is 0.562 bits per heavy atom. The number of ether oxygens (including phenoxy) is 1. The maximum atomic E-state index is 11.8. The molecule has 0 aromatic carbocycles. The van der Waals surface area contributed by atoms with Gasteiger partial charge >= 0.3 is 11.9 Å². The van der Waals surface area contributed by atoms with Crippen LogP contribution in [-0.4, -0.2) is 23.7 Å². The van der Waals surface area contributed by atoms with Crippen LogP contribution >= 0.6 is 0 Å². The third-order valence-corrected chi connectivity index (χ3v) is 6.09. The highest BCUT2D eigenvalue weighted by Gasteiger charge is 2.02. The lowest BCUT2D eigenvalue weighted by Crippen LogP contribution is -2.05. The van der Waals surface area contributed by atoms with Gasteiger partial charge in [0.1, 0.15) is 0 Å². The lowest BCUT2D eigenvalue weighted by Gasteiger charge is -2.06. The zero-order valence-electron chi connectivity index (χ0n) is 20.9.